The highest BCUT2D eigenvalue weighted by atomic mass is 19.4. The molecule has 0 atom stereocenters. The molecule has 0 aliphatic rings. The summed E-state index contributed by atoms with van der Waals surface area (Å²) in [6.07, 6.45) is -4.80. The van der Waals surface area contributed by atoms with E-state index in [-0.39, 0.29) is 11.3 Å². The topological polar surface area (TPSA) is 46.5 Å². The second-order valence-corrected chi connectivity index (χ2v) is 5.55. The number of carbonyl (C=O) groups is 1. The van der Waals surface area contributed by atoms with Crippen molar-refractivity contribution in [1.82, 2.24) is 0 Å². The first kappa shape index (κ1) is 16.9. The molecule has 0 bridgehead atoms. The lowest BCUT2D eigenvalue weighted by Gasteiger charge is -2.21. The van der Waals surface area contributed by atoms with E-state index in [0.717, 1.165) is 0 Å². The van der Waals surface area contributed by atoms with Gasteiger partial charge in [0, 0.05) is 5.56 Å². The molecule has 0 fully saturated rings. The number of halogens is 3. The number of ether oxygens (including phenoxy) is 1. The summed E-state index contributed by atoms with van der Waals surface area (Å²) in [7, 11) is 0. The zero-order valence-electron chi connectivity index (χ0n) is 12.5. The average Bonchev–Trinajstić information content (AvgIpc) is 2.46. The van der Waals surface area contributed by atoms with Crippen molar-refractivity contribution in [1.29, 1.82) is 0 Å². The first-order valence-electron chi connectivity index (χ1n) is 6.80. The third-order valence-electron chi connectivity index (χ3n) is 3.54. The van der Waals surface area contributed by atoms with E-state index in [9.17, 15) is 23.1 Å². The minimum Gasteiger partial charge on any atom is -0.481 e. The molecule has 0 spiro atoms. The Morgan fingerprint density at radius 3 is 2.30 bits per heavy atom. The molecule has 1 N–H and O–H groups in total. The fourth-order valence-electron chi connectivity index (χ4n) is 2.12. The Bertz CT molecular complexity index is 721. The van der Waals surface area contributed by atoms with Gasteiger partial charge in [0.2, 0.25) is 0 Å². The number of hydrogen-bond acceptors (Lipinski definition) is 2. The lowest BCUT2D eigenvalue weighted by molar-refractivity contribution is -0.274. The Labute approximate surface area is 131 Å². The van der Waals surface area contributed by atoms with Crippen molar-refractivity contribution in [3.8, 4) is 16.9 Å². The van der Waals surface area contributed by atoms with Crippen molar-refractivity contribution >= 4 is 5.97 Å². The van der Waals surface area contributed by atoms with Crippen LogP contribution < -0.4 is 4.74 Å². The molecule has 122 valence electrons. The van der Waals surface area contributed by atoms with Gasteiger partial charge in [-0.1, -0.05) is 36.4 Å². The molecule has 2 aromatic rings. The van der Waals surface area contributed by atoms with Crippen molar-refractivity contribution in [3.63, 3.8) is 0 Å². The Kier molecular flexibility index (Phi) is 4.36. The van der Waals surface area contributed by atoms with Crippen LogP contribution in [0, 0.1) is 0 Å². The quantitative estimate of drug-likeness (QED) is 0.893. The fraction of sp³-hybridized carbons (Fsp3) is 0.235. The lowest BCUT2D eigenvalue weighted by atomic mass is 9.83. The predicted molar refractivity (Wildman–Crippen MR) is 79.2 cm³/mol. The van der Waals surface area contributed by atoms with E-state index in [1.54, 1.807) is 30.3 Å². The highest BCUT2D eigenvalue weighted by molar-refractivity contribution is 5.81. The van der Waals surface area contributed by atoms with Crippen molar-refractivity contribution in [2.75, 3.05) is 0 Å². The molecular weight excluding hydrogens is 309 g/mol. The third kappa shape index (κ3) is 3.83. The van der Waals surface area contributed by atoms with Crippen LogP contribution in [0.25, 0.3) is 11.1 Å². The second-order valence-electron chi connectivity index (χ2n) is 5.55. The molecule has 0 amide bonds. The Morgan fingerprint density at radius 2 is 1.70 bits per heavy atom. The molecule has 0 saturated carbocycles. The van der Waals surface area contributed by atoms with Crippen LogP contribution in [-0.4, -0.2) is 17.4 Å². The molecule has 2 rings (SSSR count). The van der Waals surface area contributed by atoms with Crippen molar-refractivity contribution < 1.29 is 27.8 Å². The SMILES string of the molecule is CC(C)(C(=O)O)c1cccc(-c2ccccc2OC(F)(F)F)c1. The predicted octanol–water partition coefficient (Wildman–Crippen LogP) is 4.61. The van der Waals surface area contributed by atoms with Gasteiger partial charge in [-0.2, -0.15) is 0 Å². The van der Waals surface area contributed by atoms with E-state index < -0.39 is 17.7 Å². The number of carboxylic acids is 1. The van der Waals surface area contributed by atoms with E-state index in [4.69, 9.17) is 0 Å². The summed E-state index contributed by atoms with van der Waals surface area (Å²) in [5, 5.41) is 9.29. The maximum Gasteiger partial charge on any atom is 0.573 e. The Balaban J connectivity index is 2.50. The Morgan fingerprint density at radius 1 is 1.04 bits per heavy atom. The number of aliphatic carboxylic acids is 1. The van der Waals surface area contributed by atoms with Crippen molar-refractivity contribution in [2.45, 2.75) is 25.6 Å². The van der Waals surface area contributed by atoms with E-state index in [1.807, 2.05) is 0 Å². The number of para-hydroxylation sites is 1. The molecule has 0 aliphatic heterocycles. The molecule has 0 aromatic heterocycles. The third-order valence-corrected chi connectivity index (χ3v) is 3.54. The van der Waals surface area contributed by atoms with Gasteiger partial charge in [0.25, 0.3) is 0 Å². The van der Waals surface area contributed by atoms with Crippen LogP contribution in [0.5, 0.6) is 5.75 Å². The summed E-state index contributed by atoms with van der Waals surface area (Å²) in [6, 6.07) is 12.2. The van der Waals surface area contributed by atoms with E-state index in [0.29, 0.717) is 11.1 Å². The zero-order chi connectivity index (χ0) is 17.3. The van der Waals surface area contributed by atoms with Crippen LogP contribution in [0.4, 0.5) is 13.2 Å². The number of carboxylic acid groups (broad SMARTS) is 1. The van der Waals surface area contributed by atoms with Crippen molar-refractivity contribution in [3.05, 3.63) is 54.1 Å². The fourth-order valence-corrected chi connectivity index (χ4v) is 2.12. The van der Waals surface area contributed by atoms with Gasteiger partial charge in [0.05, 0.1) is 5.41 Å². The number of rotatable bonds is 4. The summed E-state index contributed by atoms with van der Waals surface area (Å²) in [6.45, 7) is 3.07. The number of benzene rings is 2. The van der Waals surface area contributed by atoms with Crippen molar-refractivity contribution in [2.24, 2.45) is 0 Å². The molecule has 0 radical (unpaired) electrons. The van der Waals surface area contributed by atoms with Crippen LogP contribution in [0.1, 0.15) is 19.4 Å². The zero-order valence-corrected chi connectivity index (χ0v) is 12.5. The molecule has 3 nitrogen and oxygen atoms in total. The van der Waals surface area contributed by atoms with Crippen LogP contribution in [0.15, 0.2) is 48.5 Å². The molecule has 2 aromatic carbocycles. The van der Waals surface area contributed by atoms with Gasteiger partial charge < -0.3 is 9.84 Å². The van der Waals surface area contributed by atoms with Crippen LogP contribution in [0.3, 0.4) is 0 Å². The summed E-state index contributed by atoms with van der Waals surface area (Å²) in [4.78, 5) is 11.4. The van der Waals surface area contributed by atoms with E-state index in [2.05, 4.69) is 4.74 Å². The van der Waals surface area contributed by atoms with Crippen LogP contribution in [0.2, 0.25) is 0 Å². The highest BCUT2D eigenvalue weighted by Gasteiger charge is 2.33. The van der Waals surface area contributed by atoms with Gasteiger partial charge in [-0.25, -0.2) is 0 Å². The summed E-state index contributed by atoms with van der Waals surface area (Å²) >= 11 is 0. The van der Waals surface area contributed by atoms with Gasteiger partial charge in [-0.05, 0) is 37.1 Å². The molecule has 0 aliphatic carbocycles. The van der Waals surface area contributed by atoms with Gasteiger partial charge in [-0.15, -0.1) is 13.2 Å². The molecule has 0 saturated heterocycles. The van der Waals surface area contributed by atoms with Gasteiger partial charge in [-0.3, -0.25) is 4.79 Å². The van der Waals surface area contributed by atoms with Crippen LogP contribution in [-0.2, 0) is 10.2 Å². The van der Waals surface area contributed by atoms with Crippen LogP contribution >= 0.6 is 0 Å². The number of hydrogen-bond donors (Lipinski definition) is 1. The first-order chi connectivity index (χ1) is 10.6. The van der Waals surface area contributed by atoms with E-state index >= 15 is 0 Å². The second kappa shape index (κ2) is 5.95. The largest absolute Gasteiger partial charge is 0.573 e. The van der Waals surface area contributed by atoms with Gasteiger partial charge in [0.15, 0.2) is 0 Å². The monoisotopic (exact) mass is 324 g/mol. The highest BCUT2D eigenvalue weighted by Crippen LogP contribution is 2.35. The summed E-state index contributed by atoms with van der Waals surface area (Å²) < 4.78 is 41.6. The minimum atomic E-state index is -4.80. The maximum atomic E-state index is 12.5. The average molecular weight is 324 g/mol. The standard InChI is InChI=1S/C17H15F3O3/c1-16(2,15(21)22)12-7-5-6-11(10-12)13-8-3-4-9-14(13)23-17(18,19)20/h3-10H,1-2H3,(H,21,22). The Hall–Kier alpha value is -2.50. The number of alkyl halides is 3. The molecule has 23 heavy (non-hydrogen) atoms. The van der Waals surface area contributed by atoms with Gasteiger partial charge >= 0.3 is 12.3 Å². The normalized spacial score (nSPS) is 12.0. The smallest absolute Gasteiger partial charge is 0.481 e. The summed E-state index contributed by atoms with van der Waals surface area (Å²) in [5.41, 5.74) is 0.0318. The molecule has 0 heterocycles. The minimum absolute atomic E-state index is 0.243. The molecule has 0 unspecified atom stereocenters. The maximum absolute atomic E-state index is 12.5. The van der Waals surface area contributed by atoms with E-state index in [1.165, 1.54) is 32.0 Å². The molecule has 6 heteroatoms. The first-order valence-corrected chi connectivity index (χ1v) is 6.80. The van der Waals surface area contributed by atoms with Gasteiger partial charge in [0.1, 0.15) is 5.75 Å². The summed E-state index contributed by atoms with van der Waals surface area (Å²) in [5.74, 6) is -1.35. The molecular formula is C17H15F3O3. The lowest BCUT2D eigenvalue weighted by Crippen LogP contribution is -2.28.